The molecule has 0 spiro atoms. The minimum absolute atomic E-state index is 0.00618. The number of benzene rings is 2. The number of halogens is 1. The number of nitrogens with zero attached hydrogens (tertiary/aromatic N) is 1. The van der Waals surface area contributed by atoms with E-state index in [1.807, 2.05) is 13.8 Å². The molecule has 0 heterocycles. The zero-order valence-corrected chi connectivity index (χ0v) is 17.8. The van der Waals surface area contributed by atoms with E-state index in [1.54, 1.807) is 29.2 Å². The zero-order valence-electron chi connectivity index (χ0n) is 16.2. The maximum absolute atomic E-state index is 12.8. The van der Waals surface area contributed by atoms with Gasteiger partial charge in [0.15, 0.2) is 0 Å². The minimum Gasteiger partial charge on any atom is -0.495 e. The average Bonchev–Trinajstić information content (AvgIpc) is 2.67. The number of rotatable bonds is 9. The fraction of sp³-hybridized carbons (Fsp3) is 0.350. The molecule has 1 amide bonds. The molecule has 0 unspecified atom stereocenters. The maximum Gasteiger partial charge on any atom is 0.262 e. The summed E-state index contributed by atoms with van der Waals surface area (Å²) in [5, 5.41) is 0.372. The molecule has 0 radical (unpaired) electrons. The van der Waals surface area contributed by atoms with Gasteiger partial charge in [0.2, 0.25) is 0 Å². The van der Waals surface area contributed by atoms with Crippen LogP contribution in [0.2, 0.25) is 5.02 Å². The number of hydrogen-bond donors (Lipinski definition) is 1. The van der Waals surface area contributed by atoms with Crippen LogP contribution in [0, 0.1) is 0 Å². The highest BCUT2D eigenvalue weighted by atomic mass is 35.5. The summed E-state index contributed by atoms with van der Waals surface area (Å²) >= 11 is 5.97. The normalized spacial score (nSPS) is 11.1. The van der Waals surface area contributed by atoms with Crippen molar-refractivity contribution >= 4 is 33.2 Å². The molecule has 2 rings (SSSR count). The van der Waals surface area contributed by atoms with Gasteiger partial charge < -0.3 is 9.64 Å². The minimum atomic E-state index is -3.93. The quantitative estimate of drug-likeness (QED) is 0.646. The van der Waals surface area contributed by atoms with Gasteiger partial charge in [-0.25, -0.2) is 8.42 Å². The molecular formula is C20H25ClN2O4S. The highest BCUT2D eigenvalue weighted by molar-refractivity contribution is 7.92. The van der Waals surface area contributed by atoms with Crippen molar-refractivity contribution < 1.29 is 17.9 Å². The van der Waals surface area contributed by atoms with Crippen LogP contribution in [-0.4, -0.2) is 39.4 Å². The van der Waals surface area contributed by atoms with Crippen LogP contribution in [0.15, 0.2) is 47.4 Å². The summed E-state index contributed by atoms with van der Waals surface area (Å²) < 4.78 is 33.3. The Labute approximate surface area is 171 Å². The van der Waals surface area contributed by atoms with Gasteiger partial charge in [-0.15, -0.1) is 0 Å². The van der Waals surface area contributed by atoms with Gasteiger partial charge in [0, 0.05) is 23.7 Å². The lowest BCUT2D eigenvalue weighted by atomic mass is 10.2. The van der Waals surface area contributed by atoms with Gasteiger partial charge in [0.25, 0.3) is 15.9 Å². The van der Waals surface area contributed by atoms with Crippen LogP contribution in [0.3, 0.4) is 0 Å². The Balaban J connectivity index is 2.34. The zero-order chi connectivity index (χ0) is 20.7. The summed E-state index contributed by atoms with van der Waals surface area (Å²) in [6.45, 7) is 5.25. The second kappa shape index (κ2) is 9.80. The number of anilines is 1. The van der Waals surface area contributed by atoms with Crippen LogP contribution in [0.4, 0.5) is 5.69 Å². The molecular weight excluding hydrogens is 400 g/mol. The van der Waals surface area contributed by atoms with Crippen LogP contribution in [0.1, 0.15) is 37.0 Å². The van der Waals surface area contributed by atoms with E-state index in [2.05, 4.69) is 4.72 Å². The molecule has 1 N–H and O–H groups in total. The number of nitrogens with one attached hydrogen (secondary N) is 1. The van der Waals surface area contributed by atoms with E-state index < -0.39 is 10.0 Å². The van der Waals surface area contributed by atoms with Crippen molar-refractivity contribution in [2.45, 2.75) is 31.6 Å². The number of amides is 1. The van der Waals surface area contributed by atoms with Crippen molar-refractivity contribution in [1.29, 1.82) is 0 Å². The SMILES string of the molecule is CCCN(CCC)C(=O)c1cccc(S(=O)(=O)Nc2cc(Cl)ccc2OC)c1. The molecule has 6 nitrogen and oxygen atoms in total. The molecule has 0 bridgehead atoms. The summed E-state index contributed by atoms with van der Waals surface area (Å²) in [6, 6.07) is 10.7. The fourth-order valence-electron chi connectivity index (χ4n) is 2.80. The highest BCUT2D eigenvalue weighted by Gasteiger charge is 2.20. The topological polar surface area (TPSA) is 75.7 Å². The lowest BCUT2D eigenvalue weighted by Gasteiger charge is -2.21. The Kier molecular flexibility index (Phi) is 7.71. The van der Waals surface area contributed by atoms with Gasteiger partial charge >= 0.3 is 0 Å². The molecule has 2 aromatic rings. The van der Waals surface area contributed by atoms with Gasteiger partial charge in [-0.05, 0) is 49.2 Å². The molecule has 152 valence electrons. The molecule has 0 atom stereocenters. The fourth-order valence-corrected chi connectivity index (χ4v) is 4.08. The predicted octanol–water partition coefficient (Wildman–Crippen LogP) is 4.41. The van der Waals surface area contributed by atoms with Crippen LogP contribution >= 0.6 is 11.6 Å². The largest absolute Gasteiger partial charge is 0.495 e. The summed E-state index contributed by atoms with van der Waals surface area (Å²) in [6.07, 6.45) is 1.67. The summed E-state index contributed by atoms with van der Waals surface area (Å²) in [4.78, 5) is 14.5. The molecule has 0 aliphatic rings. The number of methoxy groups -OCH3 is 1. The summed E-state index contributed by atoms with van der Waals surface area (Å²) in [5.74, 6) is 0.165. The van der Waals surface area contributed by atoms with Gasteiger partial charge in [-0.1, -0.05) is 31.5 Å². The third-order valence-electron chi connectivity index (χ3n) is 4.07. The monoisotopic (exact) mass is 424 g/mol. The maximum atomic E-state index is 12.8. The van der Waals surface area contributed by atoms with E-state index in [4.69, 9.17) is 16.3 Å². The smallest absolute Gasteiger partial charge is 0.262 e. The lowest BCUT2D eigenvalue weighted by Crippen LogP contribution is -2.32. The van der Waals surface area contributed by atoms with Crippen LogP contribution in [-0.2, 0) is 10.0 Å². The Bertz CT molecular complexity index is 926. The lowest BCUT2D eigenvalue weighted by molar-refractivity contribution is 0.0755. The molecule has 28 heavy (non-hydrogen) atoms. The number of sulfonamides is 1. The first-order valence-electron chi connectivity index (χ1n) is 9.08. The van der Waals surface area contributed by atoms with Crippen LogP contribution in [0.5, 0.6) is 5.75 Å². The van der Waals surface area contributed by atoms with Crippen LogP contribution < -0.4 is 9.46 Å². The van der Waals surface area contributed by atoms with Gasteiger partial charge in [-0.2, -0.15) is 0 Å². The molecule has 0 fully saturated rings. The third kappa shape index (κ3) is 5.39. The van der Waals surface area contributed by atoms with Gasteiger partial charge in [-0.3, -0.25) is 9.52 Å². The summed E-state index contributed by atoms with van der Waals surface area (Å²) in [7, 11) is -2.49. The van der Waals surface area contributed by atoms with Crippen molar-refractivity contribution in [3.05, 3.63) is 53.1 Å². The van der Waals surface area contributed by atoms with Crippen LogP contribution in [0.25, 0.3) is 0 Å². The first-order chi connectivity index (χ1) is 13.3. The van der Waals surface area contributed by atoms with Crippen molar-refractivity contribution in [3.8, 4) is 5.75 Å². The van der Waals surface area contributed by atoms with Crippen molar-refractivity contribution in [3.63, 3.8) is 0 Å². The molecule has 0 aromatic heterocycles. The first-order valence-corrected chi connectivity index (χ1v) is 10.9. The number of carbonyl (C=O) groups is 1. The number of ether oxygens (including phenoxy) is 1. The van der Waals surface area contributed by atoms with E-state index >= 15 is 0 Å². The molecule has 8 heteroatoms. The van der Waals surface area contributed by atoms with E-state index in [9.17, 15) is 13.2 Å². The van der Waals surface area contributed by atoms with E-state index in [0.29, 0.717) is 29.4 Å². The second-order valence-corrected chi connectivity index (χ2v) is 8.39. The van der Waals surface area contributed by atoms with E-state index in [1.165, 1.54) is 25.3 Å². The van der Waals surface area contributed by atoms with Crippen molar-refractivity contribution in [2.24, 2.45) is 0 Å². The van der Waals surface area contributed by atoms with Gasteiger partial charge in [0.1, 0.15) is 5.75 Å². The predicted molar refractivity (Wildman–Crippen MR) is 112 cm³/mol. The molecule has 0 aliphatic carbocycles. The second-order valence-electron chi connectivity index (χ2n) is 6.27. The standard InChI is InChI=1S/C20H25ClN2O4S/c1-4-11-23(12-5-2)20(24)15-7-6-8-17(13-15)28(25,26)22-18-14-16(21)9-10-19(18)27-3/h6-10,13-14,22H,4-5,11-12H2,1-3H3. The number of hydrogen-bond acceptors (Lipinski definition) is 4. The molecule has 0 aliphatic heterocycles. The Morgan fingerprint density at radius 1 is 1.11 bits per heavy atom. The molecule has 0 saturated heterocycles. The van der Waals surface area contributed by atoms with Crippen molar-refractivity contribution in [1.82, 2.24) is 4.90 Å². The average molecular weight is 425 g/mol. The Morgan fingerprint density at radius 2 is 1.79 bits per heavy atom. The van der Waals surface area contributed by atoms with E-state index in [-0.39, 0.29) is 16.5 Å². The summed E-state index contributed by atoms with van der Waals surface area (Å²) in [5.41, 5.74) is 0.563. The highest BCUT2D eigenvalue weighted by Crippen LogP contribution is 2.30. The first kappa shape index (κ1) is 22.0. The molecule has 0 saturated carbocycles. The third-order valence-corrected chi connectivity index (χ3v) is 5.67. The van der Waals surface area contributed by atoms with Crippen molar-refractivity contribution in [2.75, 3.05) is 24.9 Å². The van der Waals surface area contributed by atoms with E-state index in [0.717, 1.165) is 12.8 Å². The van der Waals surface area contributed by atoms with Gasteiger partial charge in [0.05, 0.1) is 17.7 Å². The Morgan fingerprint density at radius 3 is 2.39 bits per heavy atom. The number of carbonyl (C=O) groups excluding carboxylic acids is 1. The molecule has 2 aromatic carbocycles. The Hall–Kier alpha value is -2.25.